The summed E-state index contributed by atoms with van der Waals surface area (Å²) in [7, 11) is 0. The van der Waals surface area contributed by atoms with E-state index < -0.39 is 12.0 Å². The third-order valence-electron chi connectivity index (χ3n) is 7.66. The van der Waals surface area contributed by atoms with Crippen molar-refractivity contribution in [2.24, 2.45) is 11.8 Å². The molecule has 1 aromatic carbocycles. The predicted octanol–water partition coefficient (Wildman–Crippen LogP) is 7.15. The number of aromatic nitrogens is 3. The lowest BCUT2D eigenvalue weighted by Gasteiger charge is -2.37. The molecule has 1 fully saturated rings. The molecule has 41 heavy (non-hydrogen) atoms. The van der Waals surface area contributed by atoms with Gasteiger partial charge in [-0.05, 0) is 99.5 Å². The number of aryl methyl sites for hydroxylation is 1. The van der Waals surface area contributed by atoms with Gasteiger partial charge in [-0.1, -0.05) is 18.2 Å². The van der Waals surface area contributed by atoms with Gasteiger partial charge in [0.2, 0.25) is 0 Å². The van der Waals surface area contributed by atoms with E-state index in [4.69, 9.17) is 4.74 Å². The smallest absolute Gasteiger partial charge is 0.314 e. The fraction of sp³-hybridized carbons (Fsp3) is 0.312. The lowest BCUT2D eigenvalue weighted by atomic mass is 9.73. The number of pyridine rings is 3. The number of nitrogens with zero attached hydrogens (tertiary/aromatic N) is 3. The Hall–Kier alpha value is -4.24. The van der Waals surface area contributed by atoms with Crippen LogP contribution in [0, 0.1) is 18.8 Å². The van der Waals surface area contributed by atoms with Gasteiger partial charge in [0.05, 0.1) is 17.3 Å². The summed E-state index contributed by atoms with van der Waals surface area (Å²) in [6.07, 6.45) is 3.06. The maximum atomic E-state index is 13.1. The normalized spacial score (nSPS) is 18.5. The maximum absolute atomic E-state index is 13.1. The zero-order valence-corrected chi connectivity index (χ0v) is 22.9. The van der Waals surface area contributed by atoms with Crippen molar-refractivity contribution in [3.8, 4) is 17.0 Å². The molecule has 0 spiro atoms. The summed E-state index contributed by atoms with van der Waals surface area (Å²) in [6, 6.07) is 19.0. The Morgan fingerprint density at radius 3 is 2.44 bits per heavy atom. The molecule has 0 radical (unpaired) electrons. The van der Waals surface area contributed by atoms with Gasteiger partial charge in [0, 0.05) is 23.5 Å². The topological polar surface area (TPSA) is 97.2 Å². The Kier molecular flexibility index (Phi) is 8.35. The number of rotatable bonds is 8. The summed E-state index contributed by atoms with van der Waals surface area (Å²) in [6.45, 7) is 3.69. The van der Waals surface area contributed by atoms with E-state index in [1.54, 1.807) is 37.4 Å². The number of anilines is 2. The summed E-state index contributed by atoms with van der Waals surface area (Å²) in [5, 5.41) is 14.5. The zero-order valence-electron chi connectivity index (χ0n) is 22.9. The highest BCUT2D eigenvalue weighted by Gasteiger charge is 2.39. The van der Waals surface area contributed by atoms with E-state index in [2.05, 4.69) is 20.3 Å². The standard InChI is InChI=1S/C32H32F2N4O3/c1-20-16-26(37-29(17-20)38-28-18-22(30(33)34)14-15-35-28)23-10-13-27(36-19-23)32(2,40)24-11-8-21(9-12-24)31(39)41-25-6-4-3-5-7-25/h3-7,10,13-19,21,24,30,40H,8-9,11-12H2,1-2H3,(H,35,37,38). The molecule has 7 nitrogen and oxygen atoms in total. The maximum Gasteiger partial charge on any atom is 0.314 e. The summed E-state index contributed by atoms with van der Waals surface area (Å²) < 4.78 is 31.7. The van der Waals surface area contributed by atoms with E-state index in [0.29, 0.717) is 48.6 Å². The number of carbonyl (C=O) groups excluding carboxylic acids is 1. The van der Waals surface area contributed by atoms with Gasteiger partial charge in [-0.25, -0.2) is 18.7 Å². The van der Waals surface area contributed by atoms with Crippen LogP contribution in [0.15, 0.2) is 79.1 Å². The van der Waals surface area contributed by atoms with Crippen LogP contribution in [0.2, 0.25) is 0 Å². The van der Waals surface area contributed by atoms with Gasteiger partial charge in [-0.15, -0.1) is 0 Å². The van der Waals surface area contributed by atoms with Crippen molar-refractivity contribution in [3.63, 3.8) is 0 Å². The van der Waals surface area contributed by atoms with Crippen LogP contribution in [-0.4, -0.2) is 26.0 Å². The Labute approximate surface area is 237 Å². The van der Waals surface area contributed by atoms with Crippen molar-refractivity contribution in [2.75, 3.05) is 5.32 Å². The second kappa shape index (κ2) is 12.1. The number of esters is 1. The number of benzene rings is 1. The van der Waals surface area contributed by atoms with Crippen LogP contribution < -0.4 is 10.1 Å². The number of halogens is 2. The molecule has 1 atom stereocenters. The third-order valence-corrected chi connectivity index (χ3v) is 7.66. The molecule has 0 amide bonds. The van der Waals surface area contributed by atoms with Crippen molar-refractivity contribution >= 4 is 17.6 Å². The summed E-state index contributed by atoms with van der Waals surface area (Å²) in [4.78, 5) is 25.9. The van der Waals surface area contributed by atoms with E-state index in [1.807, 2.05) is 37.3 Å². The van der Waals surface area contributed by atoms with Gasteiger partial charge >= 0.3 is 5.97 Å². The van der Waals surface area contributed by atoms with Crippen molar-refractivity contribution in [3.05, 3.63) is 95.9 Å². The van der Waals surface area contributed by atoms with E-state index in [9.17, 15) is 18.7 Å². The monoisotopic (exact) mass is 558 g/mol. The molecule has 2 N–H and O–H groups in total. The minimum Gasteiger partial charge on any atom is -0.426 e. The Morgan fingerprint density at radius 1 is 1.00 bits per heavy atom. The molecule has 9 heteroatoms. The highest BCUT2D eigenvalue weighted by atomic mass is 19.3. The first-order valence-electron chi connectivity index (χ1n) is 13.6. The zero-order chi connectivity index (χ0) is 29.0. The molecule has 3 aromatic heterocycles. The van der Waals surface area contributed by atoms with Crippen LogP contribution in [0.3, 0.4) is 0 Å². The number of alkyl halides is 2. The number of hydrogen-bond acceptors (Lipinski definition) is 7. The second-order valence-corrected chi connectivity index (χ2v) is 10.7. The minimum atomic E-state index is -2.59. The number of ether oxygens (including phenoxy) is 1. The van der Waals surface area contributed by atoms with Crippen LogP contribution in [0.25, 0.3) is 11.3 Å². The predicted molar refractivity (Wildman–Crippen MR) is 152 cm³/mol. The van der Waals surface area contributed by atoms with E-state index in [0.717, 1.165) is 11.1 Å². The Morgan fingerprint density at radius 2 is 1.76 bits per heavy atom. The van der Waals surface area contributed by atoms with Gasteiger partial charge in [0.15, 0.2) is 0 Å². The first-order valence-corrected chi connectivity index (χ1v) is 13.6. The molecule has 4 aromatic rings. The lowest BCUT2D eigenvalue weighted by molar-refractivity contribution is -0.141. The molecule has 0 saturated heterocycles. The van der Waals surface area contributed by atoms with E-state index in [-0.39, 0.29) is 29.2 Å². The molecule has 3 heterocycles. The van der Waals surface area contributed by atoms with Crippen molar-refractivity contribution < 1.29 is 23.4 Å². The van der Waals surface area contributed by atoms with E-state index >= 15 is 0 Å². The van der Waals surface area contributed by atoms with Crippen LogP contribution in [0.4, 0.5) is 20.4 Å². The van der Waals surface area contributed by atoms with Crippen LogP contribution in [0.1, 0.15) is 55.9 Å². The Balaban J connectivity index is 1.24. The molecule has 0 bridgehead atoms. The number of aliphatic hydroxyl groups is 1. The molecule has 1 aliphatic rings. The quantitative estimate of drug-likeness (QED) is 0.175. The second-order valence-electron chi connectivity index (χ2n) is 10.7. The molecule has 1 aliphatic carbocycles. The molecular weight excluding hydrogens is 526 g/mol. The summed E-state index contributed by atoms with van der Waals surface area (Å²) in [5.41, 5.74) is 1.58. The van der Waals surface area contributed by atoms with Crippen molar-refractivity contribution in [1.29, 1.82) is 0 Å². The van der Waals surface area contributed by atoms with Crippen LogP contribution in [-0.2, 0) is 10.4 Å². The molecular formula is C32H32F2N4O3. The fourth-order valence-corrected chi connectivity index (χ4v) is 5.29. The first kappa shape index (κ1) is 28.3. The lowest BCUT2D eigenvalue weighted by Crippen LogP contribution is -2.37. The summed E-state index contributed by atoms with van der Waals surface area (Å²) in [5.74, 6) is 0.817. The first-order chi connectivity index (χ1) is 19.7. The van der Waals surface area contributed by atoms with Gasteiger partial charge in [-0.2, -0.15) is 0 Å². The largest absolute Gasteiger partial charge is 0.426 e. The average molecular weight is 559 g/mol. The highest BCUT2D eigenvalue weighted by Crippen LogP contribution is 2.41. The van der Waals surface area contributed by atoms with Gasteiger partial charge < -0.3 is 15.2 Å². The SMILES string of the molecule is Cc1cc(Nc2cc(C(F)F)ccn2)nc(-c2ccc(C(C)(O)C3CCC(C(=O)Oc4ccccc4)CC3)nc2)c1. The fourth-order valence-electron chi connectivity index (χ4n) is 5.29. The summed E-state index contributed by atoms with van der Waals surface area (Å²) >= 11 is 0. The molecule has 5 rings (SSSR count). The van der Waals surface area contributed by atoms with Crippen molar-refractivity contribution in [1.82, 2.24) is 15.0 Å². The van der Waals surface area contributed by atoms with Crippen LogP contribution >= 0.6 is 0 Å². The number of hydrogen-bond donors (Lipinski definition) is 2. The van der Waals surface area contributed by atoms with Crippen molar-refractivity contribution in [2.45, 2.75) is 51.6 Å². The number of para-hydroxylation sites is 1. The third kappa shape index (κ3) is 6.74. The molecule has 1 saturated carbocycles. The van der Waals surface area contributed by atoms with Crippen LogP contribution in [0.5, 0.6) is 5.75 Å². The van der Waals surface area contributed by atoms with Gasteiger partial charge in [0.25, 0.3) is 6.43 Å². The average Bonchev–Trinajstić information content (AvgIpc) is 2.97. The highest BCUT2D eigenvalue weighted by molar-refractivity contribution is 5.75. The number of carbonyl (C=O) groups is 1. The molecule has 212 valence electrons. The van der Waals surface area contributed by atoms with Gasteiger partial charge in [-0.3, -0.25) is 9.78 Å². The minimum absolute atomic E-state index is 0.0500. The Bertz CT molecular complexity index is 1490. The van der Waals surface area contributed by atoms with Gasteiger partial charge in [0.1, 0.15) is 23.0 Å². The van der Waals surface area contributed by atoms with E-state index in [1.165, 1.54) is 18.3 Å². The molecule has 1 unspecified atom stereocenters. The number of nitrogens with one attached hydrogen (secondary N) is 1. The molecule has 0 aliphatic heterocycles.